The number of amidine groups is 2. The van der Waals surface area contributed by atoms with Gasteiger partial charge in [-0.15, -0.1) is 0 Å². The number of allylic oxidation sites excluding steroid dienone is 7. The molecule has 1 unspecified atom stereocenters. The SMILES string of the molecule is C=C(/N=C(\N=C(/N)C1=CCC#CC=C1)c1ccc(C2=CCCC=C2)cc1)C1C=c2oc3ccccc3c2=CC1. The smallest absolute Gasteiger partial charge is 0.161 e. The largest absolute Gasteiger partial charge is 0.456 e. The summed E-state index contributed by atoms with van der Waals surface area (Å²) in [7, 11) is 0. The zero-order valence-corrected chi connectivity index (χ0v) is 21.7. The number of furan rings is 1. The standard InChI is InChI=1S/C35H29N3O/c1-24(29-21-22-31-30-15-9-10-16-32(30)39-33(31)23-29)37-35(38-34(36)27-13-5-2-3-6-14-27)28-19-17-26(18-20-28)25-11-7-4-8-12-25/h5,7,9-20,22-23,29H,1,4,6,8,21H2,(H2,36,37,38). The first-order valence-corrected chi connectivity index (χ1v) is 13.3. The van der Waals surface area contributed by atoms with Gasteiger partial charge in [0.2, 0.25) is 0 Å². The van der Waals surface area contributed by atoms with Crippen molar-refractivity contribution in [2.24, 2.45) is 21.6 Å². The molecule has 6 rings (SSSR count). The number of fused-ring (bicyclic) bond motifs is 3. The molecule has 0 bridgehead atoms. The van der Waals surface area contributed by atoms with Gasteiger partial charge in [-0.2, -0.15) is 0 Å². The second-order valence-corrected chi connectivity index (χ2v) is 9.75. The van der Waals surface area contributed by atoms with Gasteiger partial charge < -0.3 is 10.2 Å². The normalized spacial score (nSPS) is 18.6. The Morgan fingerprint density at radius 3 is 2.69 bits per heavy atom. The molecule has 3 aliphatic rings. The van der Waals surface area contributed by atoms with Crippen LogP contribution in [0.2, 0.25) is 0 Å². The minimum absolute atomic E-state index is 0.00770. The van der Waals surface area contributed by atoms with Crippen molar-refractivity contribution in [1.82, 2.24) is 0 Å². The van der Waals surface area contributed by atoms with Crippen LogP contribution in [0, 0.1) is 17.8 Å². The topological polar surface area (TPSA) is 63.9 Å². The number of hydrogen-bond acceptors (Lipinski definition) is 2. The van der Waals surface area contributed by atoms with Gasteiger partial charge >= 0.3 is 0 Å². The Kier molecular flexibility index (Phi) is 6.80. The average Bonchev–Trinajstić information content (AvgIpc) is 3.13. The van der Waals surface area contributed by atoms with Gasteiger partial charge in [0.25, 0.3) is 0 Å². The Hall–Kier alpha value is -4.88. The van der Waals surface area contributed by atoms with Crippen molar-refractivity contribution in [3.8, 4) is 11.8 Å². The van der Waals surface area contributed by atoms with Gasteiger partial charge in [-0.3, -0.25) is 0 Å². The summed E-state index contributed by atoms with van der Waals surface area (Å²) >= 11 is 0. The molecule has 0 radical (unpaired) electrons. The van der Waals surface area contributed by atoms with E-state index in [9.17, 15) is 0 Å². The highest BCUT2D eigenvalue weighted by atomic mass is 16.3. The molecule has 1 aromatic heterocycles. The van der Waals surface area contributed by atoms with Crippen LogP contribution < -0.4 is 16.4 Å². The highest BCUT2D eigenvalue weighted by Gasteiger charge is 2.17. The van der Waals surface area contributed by atoms with Crippen molar-refractivity contribution < 1.29 is 4.42 Å². The molecule has 1 heterocycles. The Morgan fingerprint density at radius 2 is 1.85 bits per heavy atom. The molecular weight excluding hydrogens is 478 g/mol. The van der Waals surface area contributed by atoms with Crippen molar-refractivity contribution in [1.29, 1.82) is 0 Å². The lowest BCUT2D eigenvalue weighted by molar-refractivity contribution is 0.566. The minimum atomic E-state index is -0.00770. The number of hydrogen-bond donors (Lipinski definition) is 1. The molecule has 2 N–H and O–H groups in total. The van der Waals surface area contributed by atoms with Crippen LogP contribution in [-0.2, 0) is 0 Å². The number of aliphatic imine (C=N–C) groups is 2. The highest BCUT2D eigenvalue weighted by molar-refractivity contribution is 6.12. The van der Waals surface area contributed by atoms with Crippen LogP contribution in [0.15, 0.2) is 117 Å². The molecule has 39 heavy (non-hydrogen) atoms. The fourth-order valence-corrected chi connectivity index (χ4v) is 5.01. The highest BCUT2D eigenvalue weighted by Crippen LogP contribution is 2.24. The molecule has 0 saturated carbocycles. The maximum absolute atomic E-state index is 6.48. The summed E-state index contributed by atoms with van der Waals surface area (Å²) in [6.45, 7) is 4.34. The molecule has 0 amide bonds. The quantitative estimate of drug-likeness (QED) is 0.263. The van der Waals surface area contributed by atoms with Crippen molar-refractivity contribution in [3.63, 3.8) is 0 Å². The Balaban J connectivity index is 1.36. The van der Waals surface area contributed by atoms with E-state index in [-0.39, 0.29) is 5.92 Å². The third kappa shape index (κ3) is 5.26. The molecule has 190 valence electrons. The number of rotatable bonds is 5. The fraction of sp³-hybridized carbons (Fsp3) is 0.143. The summed E-state index contributed by atoms with van der Waals surface area (Å²) in [5.41, 5.74) is 13.0. The summed E-state index contributed by atoms with van der Waals surface area (Å²) in [6.07, 6.45) is 20.3. The van der Waals surface area contributed by atoms with E-state index in [4.69, 9.17) is 20.1 Å². The monoisotopic (exact) mass is 507 g/mol. The number of nitrogens with two attached hydrogens (primary N) is 1. The first-order valence-electron chi connectivity index (χ1n) is 13.3. The van der Waals surface area contributed by atoms with Crippen LogP contribution in [0.4, 0.5) is 0 Å². The van der Waals surface area contributed by atoms with E-state index in [1.54, 1.807) is 6.08 Å². The Labute approximate surface area is 228 Å². The molecule has 4 heteroatoms. The van der Waals surface area contributed by atoms with E-state index in [1.807, 2.05) is 30.4 Å². The molecule has 0 saturated heterocycles. The summed E-state index contributed by atoms with van der Waals surface area (Å²) in [6, 6.07) is 16.4. The van der Waals surface area contributed by atoms with Gasteiger partial charge in [-0.05, 0) is 54.7 Å². The zero-order valence-electron chi connectivity index (χ0n) is 21.7. The van der Waals surface area contributed by atoms with Crippen LogP contribution in [0.25, 0.3) is 28.7 Å². The molecule has 0 fully saturated rings. The van der Waals surface area contributed by atoms with Gasteiger partial charge in [0.15, 0.2) is 5.84 Å². The summed E-state index contributed by atoms with van der Waals surface area (Å²) in [4.78, 5) is 9.75. The van der Waals surface area contributed by atoms with E-state index in [1.165, 1.54) is 11.1 Å². The molecule has 0 spiro atoms. The number of benzene rings is 2. The lowest BCUT2D eigenvalue weighted by atomic mass is 9.96. The van der Waals surface area contributed by atoms with E-state index >= 15 is 0 Å². The zero-order chi connectivity index (χ0) is 26.6. The third-order valence-corrected chi connectivity index (χ3v) is 7.13. The van der Waals surface area contributed by atoms with Crippen LogP contribution in [0.3, 0.4) is 0 Å². The molecule has 3 aromatic rings. The molecule has 0 aliphatic heterocycles. The van der Waals surface area contributed by atoms with Gasteiger partial charge in [-0.1, -0.05) is 91.3 Å². The predicted octanol–water partition coefficient (Wildman–Crippen LogP) is 5.95. The second kappa shape index (κ2) is 10.8. The van der Waals surface area contributed by atoms with E-state index < -0.39 is 0 Å². The number of nitrogens with zero attached hydrogens (tertiary/aromatic N) is 2. The van der Waals surface area contributed by atoms with Crippen LogP contribution in [0.1, 0.15) is 36.8 Å². The van der Waals surface area contributed by atoms with Crippen LogP contribution in [-0.4, -0.2) is 11.7 Å². The Bertz CT molecular complexity index is 1830. The van der Waals surface area contributed by atoms with E-state index in [0.29, 0.717) is 23.8 Å². The summed E-state index contributed by atoms with van der Waals surface area (Å²) < 4.78 is 6.13. The first kappa shape index (κ1) is 24.5. The van der Waals surface area contributed by atoms with Crippen molar-refractivity contribution in [3.05, 3.63) is 125 Å². The average molecular weight is 508 g/mol. The third-order valence-electron chi connectivity index (χ3n) is 7.13. The van der Waals surface area contributed by atoms with Crippen molar-refractivity contribution in [2.45, 2.75) is 25.7 Å². The Morgan fingerprint density at radius 1 is 0.974 bits per heavy atom. The van der Waals surface area contributed by atoms with Crippen molar-refractivity contribution >= 4 is 40.4 Å². The van der Waals surface area contributed by atoms with Crippen molar-refractivity contribution in [2.75, 3.05) is 0 Å². The lowest BCUT2D eigenvalue weighted by Crippen LogP contribution is -2.26. The lowest BCUT2D eigenvalue weighted by Gasteiger charge is -2.14. The molecule has 3 aliphatic carbocycles. The maximum Gasteiger partial charge on any atom is 0.161 e. The fourth-order valence-electron chi connectivity index (χ4n) is 5.01. The van der Waals surface area contributed by atoms with E-state index in [0.717, 1.165) is 52.0 Å². The van der Waals surface area contributed by atoms with Gasteiger partial charge in [0.05, 0.1) is 0 Å². The predicted molar refractivity (Wildman–Crippen MR) is 162 cm³/mol. The molecule has 2 aromatic carbocycles. The van der Waals surface area contributed by atoms with Crippen LogP contribution in [0.5, 0.6) is 0 Å². The van der Waals surface area contributed by atoms with Gasteiger partial charge in [0, 0.05) is 39.8 Å². The summed E-state index contributed by atoms with van der Waals surface area (Å²) in [5.74, 6) is 6.95. The van der Waals surface area contributed by atoms with Crippen LogP contribution >= 0.6 is 0 Å². The second-order valence-electron chi connectivity index (χ2n) is 9.75. The molecule has 4 nitrogen and oxygen atoms in total. The first-order chi connectivity index (χ1) is 19.2. The summed E-state index contributed by atoms with van der Waals surface area (Å²) in [5, 5.41) is 2.27. The number of para-hydroxylation sites is 1. The van der Waals surface area contributed by atoms with Gasteiger partial charge in [0.1, 0.15) is 16.8 Å². The maximum atomic E-state index is 6.48. The molecular formula is C35H29N3O. The molecule has 1 atom stereocenters. The van der Waals surface area contributed by atoms with Gasteiger partial charge in [-0.25, -0.2) is 9.98 Å². The van der Waals surface area contributed by atoms with E-state index in [2.05, 4.69) is 79.1 Å². The minimum Gasteiger partial charge on any atom is -0.456 e.